The molecule has 5 nitrogen and oxygen atoms in total. The molecule has 0 bridgehead atoms. The highest BCUT2D eigenvalue weighted by Crippen LogP contribution is 2.11. The molecule has 2 rings (SSSR count). The van der Waals surface area contributed by atoms with Gasteiger partial charge in [-0.2, -0.15) is 0 Å². The highest BCUT2D eigenvalue weighted by molar-refractivity contribution is 5.89. The number of hydrogen-bond acceptors (Lipinski definition) is 3. The number of benzene rings is 1. The van der Waals surface area contributed by atoms with Crippen molar-refractivity contribution in [3.8, 4) is 0 Å². The van der Waals surface area contributed by atoms with E-state index in [1.54, 1.807) is 4.90 Å². The highest BCUT2D eigenvalue weighted by Gasteiger charge is 2.15. The zero-order chi connectivity index (χ0) is 12.8. The van der Waals surface area contributed by atoms with Gasteiger partial charge in [-0.1, -0.05) is 12.1 Å². The van der Waals surface area contributed by atoms with Crippen molar-refractivity contribution < 1.29 is 9.53 Å². The van der Waals surface area contributed by atoms with Crippen LogP contribution in [-0.2, 0) is 11.3 Å². The molecule has 0 aromatic heterocycles. The number of rotatable bonds is 2. The number of carbonyl (C=O) groups excluding carboxylic acids is 1. The second-order valence-electron chi connectivity index (χ2n) is 4.29. The molecule has 0 spiro atoms. The first kappa shape index (κ1) is 12.9. The fourth-order valence-corrected chi connectivity index (χ4v) is 1.93. The maximum Gasteiger partial charge on any atom is 0.321 e. The van der Waals surface area contributed by atoms with Crippen molar-refractivity contribution in [1.82, 2.24) is 4.90 Å². The van der Waals surface area contributed by atoms with Crippen molar-refractivity contribution in [1.29, 1.82) is 0 Å². The Balaban J connectivity index is 1.96. The van der Waals surface area contributed by atoms with Crippen LogP contribution in [0.25, 0.3) is 0 Å². The monoisotopic (exact) mass is 249 g/mol. The van der Waals surface area contributed by atoms with E-state index in [1.807, 2.05) is 24.3 Å². The van der Waals surface area contributed by atoms with Gasteiger partial charge >= 0.3 is 6.03 Å². The molecule has 1 heterocycles. The molecular weight excluding hydrogens is 230 g/mol. The summed E-state index contributed by atoms with van der Waals surface area (Å²) in [4.78, 5) is 13.8. The fraction of sp³-hybridized carbons (Fsp3) is 0.462. The van der Waals surface area contributed by atoms with Gasteiger partial charge in [0.1, 0.15) is 0 Å². The highest BCUT2D eigenvalue weighted by atomic mass is 16.5. The summed E-state index contributed by atoms with van der Waals surface area (Å²) in [5, 5.41) is 2.89. The summed E-state index contributed by atoms with van der Waals surface area (Å²) in [6.07, 6.45) is 0.885. The van der Waals surface area contributed by atoms with Crippen molar-refractivity contribution in [3.63, 3.8) is 0 Å². The van der Waals surface area contributed by atoms with Crippen LogP contribution >= 0.6 is 0 Å². The zero-order valence-electron chi connectivity index (χ0n) is 10.4. The van der Waals surface area contributed by atoms with Crippen LogP contribution in [0.5, 0.6) is 0 Å². The van der Waals surface area contributed by atoms with Crippen molar-refractivity contribution in [2.45, 2.75) is 13.0 Å². The van der Waals surface area contributed by atoms with Gasteiger partial charge in [0.25, 0.3) is 0 Å². The average molecular weight is 249 g/mol. The van der Waals surface area contributed by atoms with Crippen molar-refractivity contribution in [2.75, 3.05) is 31.6 Å². The Morgan fingerprint density at radius 3 is 3.11 bits per heavy atom. The topological polar surface area (TPSA) is 67.6 Å². The quantitative estimate of drug-likeness (QED) is 0.832. The van der Waals surface area contributed by atoms with Gasteiger partial charge in [-0.25, -0.2) is 4.79 Å². The third-order valence-corrected chi connectivity index (χ3v) is 2.92. The number of anilines is 1. The number of urea groups is 1. The molecule has 1 aliphatic rings. The van der Waals surface area contributed by atoms with Gasteiger partial charge in [-0.15, -0.1) is 0 Å². The third-order valence-electron chi connectivity index (χ3n) is 2.92. The molecule has 0 saturated carbocycles. The van der Waals surface area contributed by atoms with Gasteiger partial charge in [0, 0.05) is 31.9 Å². The van der Waals surface area contributed by atoms with Crippen molar-refractivity contribution in [2.24, 2.45) is 5.73 Å². The molecule has 3 N–H and O–H groups in total. The summed E-state index contributed by atoms with van der Waals surface area (Å²) >= 11 is 0. The number of nitrogens with two attached hydrogens (primary N) is 1. The summed E-state index contributed by atoms with van der Waals surface area (Å²) in [7, 11) is 0. The van der Waals surface area contributed by atoms with E-state index in [9.17, 15) is 4.79 Å². The van der Waals surface area contributed by atoms with E-state index in [-0.39, 0.29) is 6.03 Å². The number of nitrogens with one attached hydrogen (secondary N) is 1. The minimum atomic E-state index is -0.0744. The molecule has 1 saturated heterocycles. The lowest BCUT2D eigenvalue weighted by Crippen LogP contribution is -2.36. The second kappa shape index (κ2) is 6.37. The van der Waals surface area contributed by atoms with Gasteiger partial charge in [0.2, 0.25) is 0 Å². The predicted octanol–water partition coefficient (Wildman–Crippen LogP) is 1.40. The van der Waals surface area contributed by atoms with Gasteiger partial charge in [-0.05, 0) is 24.1 Å². The lowest BCUT2D eigenvalue weighted by molar-refractivity contribution is 0.144. The Morgan fingerprint density at radius 2 is 2.28 bits per heavy atom. The average Bonchev–Trinajstić information content (AvgIpc) is 2.68. The number of nitrogens with zero attached hydrogens (tertiary/aromatic N) is 1. The number of carbonyl (C=O) groups is 1. The first-order valence-corrected chi connectivity index (χ1v) is 6.22. The Morgan fingerprint density at radius 1 is 1.39 bits per heavy atom. The SMILES string of the molecule is NCc1cccc(NC(=O)N2CCCOCC2)c1. The first-order chi connectivity index (χ1) is 8.79. The maximum absolute atomic E-state index is 12.0. The fourth-order valence-electron chi connectivity index (χ4n) is 1.93. The molecule has 1 aromatic rings. The molecule has 1 fully saturated rings. The van der Waals surface area contributed by atoms with Crippen LogP contribution < -0.4 is 11.1 Å². The van der Waals surface area contributed by atoms with E-state index in [0.717, 1.165) is 30.8 Å². The van der Waals surface area contributed by atoms with Crippen LogP contribution in [0.3, 0.4) is 0 Å². The summed E-state index contributed by atoms with van der Waals surface area (Å²) in [5.41, 5.74) is 7.37. The second-order valence-corrected chi connectivity index (χ2v) is 4.29. The van der Waals surface area contributed by atoms with Gasteiger partial charge in [0.05, 0.1) is 6.61 Å². The normalized spacial score (nSPS) is 16.2. The molecule has 0 unspecified atom stereocenters. The van der Waals surface area contributed by atoms with Crippen LogP contribution in [0.15, 0.2) is 24.3 Å². The summed E-state index contributed by atoms with van der Waals surface area (Å²) in [6, 6.07) is 7.52. The van der Waals surface area contributed by atoms with E-state index in [1.165, 1.54) is 0 Å². The number of amides is 2. The molecule has 1 aliphatic heterocycles. The number of ether oxygens (including phenoxy) is 1. The molecule has 0 radical (unpaired) electrons. The first-order valence-electron chi connectivity index (χ1n) is 6.22. The van der Waals surface area contributed by atoms with Crippen LogP contribution in [0.1, 0.15) is 12.0 Å². The Bertz CT molecular complexity index is 401. The lowest BCUT2D eigenvalue weighted by atomic mass is 10.2. The molecule has 98 valence electrons. The van der Waals surface area contributed by atoms with E-state index in [2.05, 4.69) is 5.32 Å². The van der Waals surface area contributed by atoms with E-state index >= 15 is 0 Å². The minimum absolute atomic E-state index is 0.0744. The molecule has 2 amide bonds. The van der Waals surface area contributed by atoms with Crippen molar-refractivity contribution >= 4 is 11.7 Å². The minimum Gasteiger partial charge on any atom is -0.380 e. The molecule has 5 heteroatoms. The van der Waals surface area contributed by atoms with E-state index < -0.39 is 0 Å². The van der Waals surface area contributed by atoms with Crippen LogP contribution in [0.4, 0.5) is 10.5 Å². The van der Waals surface area contributed by atoms with Crippen molar-refractivity contribution in [3.05, 3.63) is 29.8 Å². The Kier molecular flexibility index (Phi) is 4.55. The van der Waals surface area contributed by atoms with Gasteiger partial charge in [-0.3, -0.25) is 0 Å². The zero-order valence-corrected chi connectivity index (χ0v) is 10.4. The summed E-state index contributed by atoms with van der Waals surface area (Å²) in [5.74, 6) is 0. The smallest absolute Gasteiger partial charge is 0.321 e. The molecule has 1 aromatic carbocycles. The predicted molar refractivity (Wildman–Crippen MR) is 70.4 cm³/mol. The molecule has 0 atom stereocenters. The van der Waals surface area contributed by atoms with Crippen LogP contribution in [-0.4, -0.2) is 37.2 Å². The molecule has 0 aliphatic carbocycles. The summed E-state index contributed by atoms with van der Waals surface area (Å²) in [6.45, 7) is 3.19. The van der Waals surface area contributed by atoms with Crippen LogP contribution in [0.2, 0.25) is 0 Å². The maximum atomic E-state index is 12.0. The Labute approximate surface area is 107 Å². The molecular formula is C13H19N3O2. The number of hydrogen-bond donors (Lipinski definition) is 2. The third kappa shape index (κ3) is 3.45. The standard InChI is InChI=1S/C13H19N3O2/c14-10-11-3-1-4-12(9-11)15-13(17)16-5-2-7-18-8-6-16/h1,3-4,9H,2,5-8,10,14H2,(H,15,17). The van der Waals surface area contributed by atoms with Crippen LogP contribution in [0, 0.1) is 0 Å². The Hall–Kier alpha value is -1.59. The molecule has 18 heavy (non-hydrogen) atoms. The largest absolute Gasteiger partial charge is 0.380 e. The summed E-state index contributed by atoms with van der Waals surface area (Å²) < 4.78 is 5.32. The van der Waals surface area contributed by atoms with Gasteiger partial charge < -0.3 is 20.7 Å². The lowest BCUT2D eigenvalue weighted by Gasteiger charge is -2.20. The van der Waals surface area contributed by atoms with Gasteiger partial charge in [0.15, 0.2) is 0 Å². The van der Waals surface area contributed by atoms with E-state index in [4.69, 9.17) is 10.5 Å². The van der Waals surface area contributed by atoms with E-state index in [0.29, 0.717) is 19.7 Å².